The molecule has 5 nitrogen and oxygen atoms in total. The fraction of sp³-hybridized carbons (Fsp3) is 0.250. The van der Waals surface area contributed by atoms with Crippen LogP contribution in [0.4, 0.5) is 0 Å². The summed E-state index contributed by atoms with van der Waals surface area (Å²) in [6, 6.07) is 12.3. The normalized spacial score (nSPS) is 12.4. The van der Waals surface area contributed by atoms with Gasteiger partial charge in [0.1, 0.15) is 0 Å². The van der Waals surface area contributed by atoms with E-state index in [1.165, 1.54) is 5.56 Å². The Hall–Kier alpha value is -2.40. The van der Waals surface area contributed by atoms with Gasteiger partial charge in [0.05, 0.1) is 18.4 Å². The highest BCUT2D eigenvalue weighted by atomic mass is 15.3. The van der Waals surface area contributed by atoms with Crippen LogP contribution < -0.4 is 5.32 Å². The van der Waals surface area contributed by atoms with Crippen LogP contribution in [0.3, 0.4) is 0 Å². The van der Waals surface area contributed by atoms with Crippen molar-refractivity contribution in [3.05, 3.63) is 66.7 Å². The molecule has 0 bridgehead atoms. The summed E-state index contributed by atoms with van der Waals surface area (Å²) in [6.45, 7) is 3.89. The maximum absolute atomic E-state index is 4.42. The molecule has 0 spiro atoms. The first-order valence-electron chi connectivity index (χ1n) is 7.14. The van der Waals surface area contributed by atoms with Crippen molar-refractivity contribution in [2.24, 2.45) is 0 Å². The Kier molecular flexibility index (Phi) is 4.12. The highest BCUT2D eigenvalue weighted by Crippen LogP contribution is 2.13. The average molecular weight is 281 g/mol. The number of hydrogen-bond acceptors (Lipinski definition) is 3. The Morgan fingerprint density at radius 3 is 2.76 bits per heavy atom. The van der Waals surface area contributed by atoms with Gasteiger partial charge in [-0.15, -0.1) is 0 Å². The predicted molar refractivity (Wildman–Crippen MR) is 82.2 cm³/mol. The highest BCUT2D eigenvalue weighted by Gasteiger charge is 2.08. The molecule has 0 aliphatic heterocycles. The number of nitrogens with one attached hydrogen (secondary N) is 1. The topological polar surface area (TPSA) is 47.7 Å². The number of benzene rings is 1. The van der Waals surface area contributed by atoms with Gasteiger partial charge < -0.3 is 5.32 Å². The molecular formula is C16H19N5. The van der Waals surface area contributed by atoms with Crippen molar-refractivity contribution >= 4 is 0 Å². The number of aromatic nitrogens is 4. The molecule has 1 N–H and O–H groups in total. The van der Waals surface area contributed by atoms with Gasteiger partial charge in [0, 0.05) is 36.7 Å². The minimum Gasteiger partial charge on any atom is -0.308 e. The molecule has 0 amide bonds. The second kappa shape index (κ2) is 6.37. The molecule has 1 aromatic carbocycles. The molecule has 0 aliphatic rings. The SMILES string of the molecule is CC(NCCn1cccn1)c1cnn(-c2ccccc2)c1. The van der Waals surface area contributed by atoms with Gasteiger partial charge in [-0.3, -0.25) is 4.68 Å². The van der Waals surface area contributed by atoms with E-state index in [4.69, 9.17) is 0 Å². The molecule has 0 aliphatic carbocycles. The van der Waals surface area contributed by atoms with Crippen LogP contribution in [-0.4, -0.2) is 26.1 Å². The standard InChI is InChI=1S/C16H19N5/c1-14(17-9-11-20-10-5-8-18-20)15-12-19-21(13-15)16-6-3-2-4-7-16/h2-8,10,12-14,17H,9,11H2,1H3. The van der Waals surface area contributed by atoms with E-state index in [1.54, 1.807) is 6.20 Å². The van der Waals surface area contributed by atoms with Gasteiger partial charge in [-0.1, -0.05) is 18.2 Å². The number of para-hydroxylation sites is 1. The molecule has 21 heavy (non-hydrogen) atoms. The Morgan fingerprint density at radius 1 is 1.14 bits per heavy atom. The summed E-state index contributed by atoms with van der Waals surface area (Å²) < 4.78 is 3.83. The lowest BCUT2D eigenvalue weighted by molar-refractivity contribution is 0.507. The van der Waals surface area contributed by atoms with Crippen LogP contribution in [0.25, 0.3) is 5.69 Å². The van der Waals surface area contributed by atoms with Crippen molar-refractivity contribution < 1.29 is 0 Å². The fourth-order valence-electron chi connectivity index (χ4n) is 2.23. The van der Waals surface area contributed by atoms with Gasteiger partial charge in [-0.2, -0.15) is 10.2 Å². The third-order valence-electron chi connectivity index (χ3n) is 3.47. The van der Waals surface area contributed by atoms with Crippen molar-refractivity contribution in [2.75, 3.05) is 6.54 Å². The predicted octanol–water partition coefficient (Wildman–Crippen LogP) is 2.42. The molecule has 3 rings (SSSR count). The molecule has 108 valence electrons. The maximum Gasteiger partial charge on any atom is 0.0645 e. The van der Waals surface area contributed by atoms with Gasteiger partial charge in [0.25, 0.3) is 0 Å². The number of hydrogen-bond donors (Lipinski definition) is 1. The van der Waals surface area contributed by atoms with E-state index < -0.39 is 0 Å². The summed E-state index contributed by atoms with van der Waals surface area (Å²) in [5, 5.41) is 12.1. The zero-order valence-electron chi connectivity index (χ0n) is 12.1. The quantitative estimate of drug-likeness (QED) is 0.755. The van der Waals surface area contributed by atoms with Gasteiger partial charge in [0.2, 0.25) is 0 Å². The van der Waals surface area contributed by atoms with Crippen LogP contribution in [0.5, 0.6) is 0 Å². The Morgan fingerprint density at radius 2 is 2.00 bits per heavy atom. The van der Waals surface area contributed by atoms with E-state index >= 15 is 0 Å². The first-order valence-corrected chi connectivity index (χ1v) is 7.14. The second-order valence-corrected chi connectivity index (χ2v) is 5.00. The van der Waals surface area contributed by atoms with Crippen LogP contribution in [0.1, 0.15) is 18.5 Å². The average Bonchev–Trinajstić information content (AvgIpc) is 3.20. The molecule has 2 aromatic heterocycles. The molecule has 1 atom stereocenters. The van der Waals surface area contributed by atoms with Gasteiger partial charge in [-0.25, -0.2) is 4.68 Å². The van der Waals surface area contributed by atoms with Gasteiger partial charge >= 0.3 is 0 Å². The third kappa shape index (κ3) is 3.38. The summed E-state index contributed by atoms with van der Waals surface area (Å²) in [6.07, 6.45) is 7.76. The summed E-state index contributed by atoms with van der Waals surface area (Å²) in [7, 11) is 0. The molecule has 1 unspecified atom stereocenters. The Balaban J connectivity index is 1.58. The first-order chi connectivity index (χ1) is 10.3. The summed E-state index contributed by atoms with van der Waals surface area (Å²) in [5.41, 5.74) is 2.26. The van der Waals surface area contributed by atoms with Gasteiger partial charge in [0.15, 0.2) is 0 Å². The van der Waals surface area contributed by atoms with Crippen LogP contribution in [0, 0.1) is 0 Å². The van der Waals surface area contributed by atoms with Crippen molar-refractivity contribution in [1.82, 2.24) is 24.9 Å². The molecule has 0 fully saturated rings. The third-order valence-corrected chi connectivity index (χ3v) is 3.47. The maximum atomic E-state index is 4.42. The van der Waals surface area contributed by atoms with Gasteiger partial charge in [-0.05, 0) is 25.1 Å². The second-order valence-electron chi connectivity index (χ2n) is 5.00. The number of rotatable bonds is 6. The molecule has 5 heteroatoms. The summed E-state index contributed by atoms with van der Waals surface area (Å²) >= 11 is 0. The minimum atomic E-state index is 0.262. The van der Waals surface area contributed by atoms with Crippen LogP contribution >= 0.6 is 0 Å². The molecule has 2 heterocycles. The molecule has 0 saturated heterocycles. The zero-order valence-corrected chi connectivity index (χ0v) is 12.1. The molecular weight excluding hydrogens is 262 g/mol. The minimum absolute atomic E-state index is 0.262. The lowest BCUT2D eigenvalue weighted by Gasteiger charge is -2.11. The van der Waals surface area contributed by atoms with Crippen molar-refractivity contribution in [3.8, 4) is 5.69 Å². The Bertz CT molecular complexity index is 657. The zero-order chi connectivity index (χ0) is 14.5. The van der Waals surface area contributed by atoms with E-state index in [0.717, 1.165) is 18.8 Å². The largest absolute Gasteiger partial charge is 0.308 e. The molecule has 3 aromatic rings. The van der Waals surface area contributed by atoms with Crippen LogP contribution in [0.2, 0.25) is 0 Å². The van der Waals surface area contributed by atoms with Crippen molar-refractivity contribution in [3.63, 3.8) is 0 Å². The van der Waals surface area contributed by atoms with Crippen LogP contribution in [-0.2, 0) is 6.54 Å². The Labute approximate surface area is 124 Å². The van der Waals surface area contributed by atoms with E-state index in [0.29, 0.717) is 0 Å². The van der Waals surface area contributed by atoms with E-state index in [9.17, 15) is 0 Å². The summed E-state index contributed by atoms with van der Waals surface area (Å²) in [5.74, 6) is 0. The molecule has 0 saturated carbocycles. The highest BCUT2D eigenvalue weighted by molar-refractivity contribution is 5.31. The van der Waals surface area contributed by atoms with Crippen LogP contribution in [0.15, 0.2) is 61.2 Å². The van der Waals surface area contributed by atoms with E-state index in [-0.39, 0.29) is 6.04 Å². The fourth-order valence-corrected chi connectivity index (χ4v) is 2.23. The van der Waals surface area contributed by atoms with E-state index in [1.807, 2.05) is 58.2 Å². The first kappa shape index (κ1) is 13.6. The lowest BCUT2D eigenvalue weighted by atomic mass is 10.2. The van der Waals surface area contributed by atoms with Crippen molar-refractivity contribution in [2.45, 2.75) is 19.5 Å². The van der Waals surface area contributed by atoms with E-state index in [2.05, 4.69) is 28.6 Å². The summed E-state index contributed by atoms with van der Waals surface area (Å²) in [4.78, 5) is 0. The number of nitrogens with zero attached hydrogens (tertiary/aromatic N) is 4. The lowest BCUT2D eigenvalue weighted by Crippen LogP contribution is -2.23. The monoisotopic (exact) mass is 281 g/mol. The van der Waals surface area contributed by atoms with Crippen molar-refractivity contribution in [1.29, 1.82) is 0 Å². The smallest absolute Gasteiger partial charge is 0.0645 e. The molecule has 0 radical (unpaired) electrons.